The highest BCUT2D eigenvalue weighted by atomic mass is 16.5. The van der Waals surface area contributed by atoms with Crippen LogP contribution in [0.5, 0.6) is 5.75 Å². The molecule has 1 aromatic heterocycles. The number of aromatic nitrogens is 2. The molecule has 1 aromatic carbocycles. The van der Waals surface area contributed by atoms with Crippen molar-refractivity contribution in [2.45, 2.75) is 26.8 Å². The first-order valence-corrected chi connectivity index (χ1v) is 7.10. The largest absolute Gasteiger partial charge is 0.497 e. The van der Waals surface area contributed by atoms with Gasteiger partial charge in [-0.25, -0.2) is 4.68 Å². The number of methoxy groups -OCH3 is 1. The number of benzene rings is 1. The summed E-state index contributed by atoms with van der Waals surface area (Å²) in [4.78, 5) is 12.0. The molecule has 5 nitrogen and oxygen atoms in total. The number of aryl methyl sites for hydroxylation is 1. The lowest BCUT2D eigenvalue weighted by atomic mass is 10.2. The van der Waals surface area contributed by atoms with Crippen LogP contribution in [0, 0.1) is 6.92 Å². The molecule has 5 heteroatoms. The normalized spacial score (nSPS) is 10.6. The predicted molar refractivity (Wildman–Crippen MR) is 83.1 cm³/mol. The molecule has 21 heavy (non-hydrogen) atoms. The van der Waals surface area contributed by atoms with Crippen molar-refractivity contribution in [2.75, 3.05) is 13.7 Å². The maximum absolute atomic E-state index is 12.0. The quantitative estimate of drug-likeness (QED) is 0.826. The van der Waals surface area contributed by atoms with E-state index in [0.717, 1.165) is 30.1 Å². The summed E-state index contributed by atoms with van der Waals surface area (Å²) < 4.78 is 7.01. The molecular weight excluding hydrogens is 266 g/mol. The molecule has 1 N–H and O–H groups in total. The van der Waals surface area contributed by atoms with Gasteiger partial charge in [-0.15, -0.1) is 0 Å². The lowest BCUT2D eigenvalue weighted by Gasteiger charge is -2.12. The van der Waals surface area contributed by atoms with Crippen molar-refractivity contribution >= 4 is 0 Å². The van der Waals surface area contributed by atoms with Crippen LogP contribution in [0.4, 0.5) is 0 Å². The van der Waals surface area contributed by atoms with Gasteiger partial charge in [0.15, 0.2) is 0 Å². The van der Waals surface area contributed by atoms with Crippen molar-refractivity contribution < 1.29 is 4.74 Å². The van der Waals surface area contributed by atoms with Gasteiger partial charge in [-0.2, -0.15) is 5.10 Å². The summed E-state index contributed by atoms with van der Waals surface area (Å²) in [5.74, 6) is 0.762. The van der Waals surface area contributed by atoms with E-state index in [1.165, 1.54) is 0 Å². The van der Waals surface area contributed by atoms with Crippen molar-refractivity contribution in [1.29, 1.82) is 0 Å². The summed E-state index contributed by atoms with van der Waals surface area (Å²) in [5, 5.41) is 7.69. The molecule has 0 bridgehead atoms. The Balaban J connectivity index is 2.38. The molecule has 1 heterocycles. The van der Waals surface area contributed by atoms with Gasteiger partial charge in [0.25, 0.3) is 0 Å². The van der Waals surface area contributed by atoms with E-state index in [1.807, 2.05) is 31.2 Å². The lowest BCUT2D eigenvalue weighted by Crippen LogP contribution is -2.25. The van der Waals surface area contributed by atoms with Crippen LogP contribution in [-0.2, 0) is 6.54 Å². The number of nitrogens with zero attached hydrogens (tertiary/aromatic N) is 2. The van der Waals surface area contributed by atoms with E-state index in [9.17, 15) is 4.79 Å². The van der Waals surface area contributed by atoms with E-state index in [2.05, 4.69) is 17.3 Å². The topological polar surface area (TPSA) is 56.1 Å². The van der Waals surface area contributed by atoms with E-state index in [0.29, 0.717) is 12.2 Å². The fourth-order valence-electron chi connectivity index (χ4n) is 2.09. The summed E-state index contributed by atoms with van der Waals surface area (Å²) in [6, 6.07) is 9.24. The predicted octanol–water partition coefficient (Wildman–Crippen LogP) is 2.05. The van der Waals surface area contributed by atoms with Crippen LogP contribution in [0.3, 0.4) is 0 Å². The molecule has 0 aliphatic heterocycles. The Morgan fingerprint density at radius 1 is 1.33 bits per heavy atom. The summed E-state index contributed by atoms with van der Waals surface area (Å²) in [5.41, 5.74) is 2.17. The molecule has 112 valence electrons. The van der Waals surface area contributed by atoms with E-state index in [4.69, 9.17) is 4.74 Å². The molecule has 0 fully saturated rings. The summed E-state index contributed by atoms with van der Waals surface area (Å²) in [6.07, 6.45) is 1.02. The molecule has 0 aliphatic rings. The minimum absolute atomic E-state index is 0.0322. The van der Waals surface area contributed by atoms with Crippen LogP contribution in [0.1, 0.15) is 24.7 Å². The second kappa shape index (κ2) is 7.04. The van der Waals surface area contributed by atoms with Crippen LogP contribution >= 0.6 is 0 Å². The van der Waals surface area contributed by atoms with Crippen LogP contribution in [0.25, 0.3) is 5.69 Å². The van der Waals surface area contributed by atoms with Gasteiger partial charge >= 0.3 is 0 Å². The smallest absolute Gasteiger partial charge is 0.204 e. The van der Waals surface area contributed by atoms with Gasteiger partial charge in [0.05, 0.1) is 12.8 Å². The average molecular weight is 287 g/mol. The Bertz CT molecular complexity index is 665. The monoisotopic (exact) mass is 287 g/mol. The molecule has 0 saturated carbocycles. The Morgan fingerprint density at radius 2 is 2.14 bits per heavy atom. The van der Waals surface area contributed by atoms with Crippen molar-refractivity contribution in [1.82, 2.24) is 15.1 Å². The summed E-state index contributed by atoms with van der Waals surface area (Å²) in [6.45, 7) is 5.31. The Labute approximate surface area is 124 Å². The van der Waals surface area contributed by atoms with E-state index in [1.54, 1.807) is 17.9 Å². The Hall–Kier alpha value is -2.14. The van der Waals surface area contributed by atoms with E-state index < -0.39 is 0 Å². The maximum atomic E-state index is 12.0. The van der Waals surface area contributed by atoms with Gasteiger partial charge in [-0.05, 0) is 32.0 Å². The van der Waals surface area contributed by atoms with Crippen molar-refractivity contribution in [3.8, 4) is 11.4 Å². The number of hydrogen-bond acceptors (Lipinski definition) is 4. The fourth-order valence-corrected chi connectivity index (χ4v) is 2.09. The summed E-state index contributed by atoms with van der Waals surface area (Å²) in [7, 11) is 1.63. The van der Waals surface area contributed by atoms with Crippen molar-refractivity contribution in [3.05, 3.63) is 51.9 Å². The fraction of sp³-hybridized carbons (Fsp3) is 0.375. The highest BCUT2D eigenvalue weighted by Gasteiger charge is 2.08. The van der Waals surface area contributed by atoms with Gasteiger partial charge < -0.3 is 10.1 Å². The van der Waals surface area contributed by atoms with Crippen LogP contribution in [0.2, 0.25) is 0 Å². The van der Waals surface area contributed by atoms with Crippen LogP contribution < -0.4 is 15.5 Å². The van der Waals surface area contributed by atoms with Crippen LogP contribution in [0.15, 0.2) is 35.1 Å². The minimum Gasteiger partial charge on any atom is -0.497 e. The average Bonchev–Trinajstić information content (AvgIpc) is 2.49. The molecular formula is C16H21N3O2. The highest BCUT2D eigenvalue weighted by Crippen LogP contribution is 2.16. The summed E-state index contributed by atoms with van der Waals surface area (Å²) >= 11 is 0. The molecule has 0 radical (unpaired) electrons. The van der Waals surface area contributed by atoms with Crippen molar-refractivity contribution in [2.24, 2.45) is 0 Å². The first-order valence-electron chi connectivity index (χ1n) is 7.10. The van der Waals surface area contributed by atoms with Crippen molar-refractivity contribution in [3.63, 3.8) is 0 Å². The van der Waals surface area contributed by atoms with Gasteiger partial charge in [0.2, 0.25) is 5.43 Å². The lowest BCUT2D eigenvalue weighted by molar-refractivity contribution is 0.414. The van der Waals surface area contributed by atoms with Gasteiger partial charge in [-0.1, -0.05) is 13.0 Å². The minimum atomic E-state index is -0.0322. The molecule has 2 aromatic rings. The standard InChI is InChI=1S/C16H21N3O2/c1-4-8-17-11-15-16(20)9-12(2)19(18-15)13-6-5-7-14(10-13)21-3/h5-7,9-10,17H,4,8,11H2,1-3H3. The Morgan fingerprint density at radius 3 is 2.86 bits per heavy atom. The third kappa shape index (κ3) is 3.70. The zero-order chi connectivity index (χ0) is 15.2. The molecule has 0 unspecified atom stereocenters. The first-order chi connectivity index (χ1) is 10.2. The van der Waals surface area contributed by atoms with Gasteiger partial charge in [0.1, 0.15) is 11.4 Å². The second-order valence-electron chi connectivity index (χ2n) is 4.89. The molecule has 0 saturated heterocycles. The van der Waals surface area contributed by atoms with E-state index >= 15 is 0 Å². The SMILES string of the molecule is CCCNCc1nn(-c2cccc(OC)c2)c(C)cc1=O. The number of ether oxygens (including phenoxy) is 1. The van der Waals surface area contributed by atoms with E-state index in [-0.39, 0.29) is 5.43 Å². The first kappa shape index (κ1) is 15.3. The molecule has 0 aliphatic carbocycles. The van der Waals surface area contributed by atoms with Gasteiger partial charge in [0, 0.05) is 24.4 Å². The molecule has 0 atom stereocenters. The van der Waals surface area contributed by atoms with Crippen LogP contribution in [-0.4, -0.2) is 23.4 Å². The molecule has 0 amide bonds. The maximum Gasteiger partial charge on any atom is 0.204 e. The third-order valence-electron chi connectivity index (χ3n) is 3.20. The zero-order valence-corrected chi connectivity index (χ0v) is 12.7. The number of rotatable bonds is 6. The molecule has 2 rings (SSSR count). The number of hydrogen-bond donors (Lipinski definition) is 1. The molecule has 0 spiro atoms. The third-order valence-corrected chi connectivity index (χ3v) is 3.20. The Kier molecular flexibility index (Phi) is 5.11. The highest BCUT2D eigenvalue weighted by molar-refractivity contribution is 5.39. The zero-order valence-electron chi connectivity index (χ0n) is 12.7. The van der Waals surface area contributed by atoms with Gasteiger partial charge in [-0.3, -0.25) is 4.79 Å². The number of nitrogens with one attached hydrogen (secondary N) is 1. The second-order valence-corrected chi connectivity index (χ2v) is 4.89.